The van der Waals surface area contributed by atoms with Gasteiger partial charge in [0, 0.05) is 5.56 Å². The van der Waals surface area contributed by atoms with Gasteiger partial charge in [0.15, 0.2) is 6.29 Å². The lowest BCUT2D eigenvalue weighted by atomic mass is 9.88. The maximum atomic E-state index is 11.2. The molecule has 0 heterocycles. The van der Waals surface area contributed by atoms with E-state index in [2.05, 4.69) is 33.8 Å². The molecule has 0 N–H and O–H groups in total. The minimum absolute atomic E-state index is 0.758. The van der Waals surface area contributed by atoms with Crippen LogP contribution < -0.4 is 0 Å². The van der Waals surface area contributed by atoms with Crippen LogP contribution >= 0.6 is 0 Å². The summed E-state index contributed by atoms with van der Waals surface area (Å²) in [6.07, 6.45) is 0.936. The van der Waals surface area contributed by atoms with Crippen molar-refractivity contribution in [1.29, 1.82) is 0 Å². The molecule has 0 unspecified atom stereocenters. The van der Waals surface area contributed by atoms with Crippen LogP contribution in [-0.4, -0.2) is 6.29 Å². The Labute approximate surface area is 108 Å². The lowest BCUT2D eigenvalue weighted by molar-refractivity contribution is 0.112. The number of hydrogen-bond acceptors (Lipinski definition) is 1. The molecule has 0 aliphatic heterocycles. The Bertz CT molecular complexity index is 583. The molecule has 1 heteroatoms. The first-order chi connectivity index (χ1) is 8.56. The maximum absolute atomic E-state index is 11.2. The van der Waals surface area contributed by atoms with E-state index in [9.17, 15) is 4.79 Å². The van der Waals surface area contributed by atoms with Gasteiger partial charge in [0.1, 0.15) is 0 Å². The van der Waals surface area contributed by atoms with Gasteiger partial charge in [0.2, 0.25) is 0 Å². The highest BCUT2D eigenvalue weighted by atomic mass is 16.1. The average molecular weight is 238 g/mol. The average Bonchev–Trinajstić information content (AvgIpc) is 2.37. The second-order valence-corrected chi connectivity index (χ2v) is 4.84. The second kappa shape index (κ2) is 4.77. The van der Waals surface area contributed by atoms with Crippen LogP contribution in [-0.2, 0) is 0 Å². The van der Waals surface area contributed by atoms with Crippen molar-refractivity contribution < 1.29 is 4.79 Å². The number of hydrogen-bond donors (Lipinski definition) is 0. The first-order valence-corrected chi connectivity index (χ1v) is 6.18. The predicted molar refractivity (Wildman–Crippen MR) is 76.2 cm³/mol. The Morgan fingerprint density at radius 3 is 2.00 bits per heavy atom. The van der Waals surface area contributed by atoms with E-state index in [0.29, 0.717) is 0 Å². The lowest BCUT2D eigenvalue weighted by Gasteiger charge is -2.16. The van der Waals surface area contributed by atoms with E-state index in [1.165, 1.54) is 27.8 Å². The van der Waals surface area contributed by atoms with E-state index in [1.54, 1.807) is 0 Å². The minimum atomic E-state index is 0.758. The molecule has 0 fully saturated rings. The molecule has 0 radical (unpaired) electrons. The molecular weight excluding hydrogens is 220 g/mol. The largest absolute Gasteiger partial charge is 0.298 e. The summed E-state index contributed by atoms with van der Waals surface area (Å²) < 4.78 is 0. The molecule has 0 amide bonds. The first kappa shape index (κ1) is 12.6. The SMILES string of the molecule is Cc1cc(C)c(C)c(-c2ccccc2C=O)c1C. The van der Waals surface area contributed by atoms with Gasteiger partial charge in [-0.25, -0.2) is 0 Å². The highest BCUT2D eigenvalue weighted by molar-refractivity contribution is 5.89. The second-order valence-electron chi connectivity index (χ2n) is 4.84. The number of benzene rings is 2. The molecule has 92 valence electrons. The van der Waals surface area contributed by atoms with Gasteiger partial charge in [-0.15, -0.1) is 0 Å². The topological polar surface area (TPSA) is 17.1 Å². The molecule has 0 aliphatic carbocycles. The summed E-state index contributed by atoms with van der Waals surface area (Å²) in [5, 5.41) is 0. The molecule has 0 spiro atoms. The zero-order valence-electron chi connectivity index (χ0n) is 11.4. The number of carbonyl (C=O) groups is 1. The molecule has 2 aromatic rings. The Hall–Kier alpha value is -1.89. The van der Waals surface area contributed by atoms with Crippen molar-refractivity contribution in [3.63, 3.8) is 0 Å². The van der Waals surface area contributed by atoms with Gasteiger partial charge in [0.05, 0.1) is 0 Å². The smallest absolute Gasteiger partial charge is 0.150 e. The Kier molecular flexibility index (Phi) is 3.33. The highest BCUT2D eigenvalue weighted by Crippen LogP contribution is 2.33. The molecule has 0 saturated heterocycles. The monoisotopic (exact) mass is 238 g/mol. The fraction of sp³-hybridized carbons (Fsp3) is 0.235. The molecule has 1 nitrogen and oxygen atoms in total. The first-order valence-electron chi connectivity index (χ1n) is 6.18. The predicted octanol–water partition coefficient (Wildman–Crippen LogP) is 4.40. The third-order valence-corrected chi connectivity index (χ3v) is 3.72. The van der Waals surface area contributed by atoms with Crippen LogP contribution in [0.5, 0.6) is 0 Å². The third-order valence-electron chi connectivity index (χ3n) is 3.72. The third kappa shape index (κ3) is 1.97. The van der Waals surface area contributed by atoms with Gasteiger partial charge in [0.25, 0.3) is 0 Å². The fourth-order valence-corrected chi connectivity index (χ4v) is 2.45. The molecule has 0 atom stereocenters. The van der Waals surface area contributed by atoms with E-state index in [-0.39, 0.29) is 0 Å². The Balaban J connectivity index is 2.82. The van der Waals surface area contributed by atoms with Crippen molar-refractivity contribution in [2.75, 3.05) is 0 Å². The van der Waals surface area contributed by atoms with Crippen molar-refractivity contribution in [1.82, 2.24) is 0 Å². The van der Waals surface area contributed by atoms with E-state index >= 15 is 0 Å². The van der Waals surface area contributed by atoms with Crippen LogP contribution in [0.15, 0.2) is 30.3 Å². The van der Waals surface area contributed by atoms with Crippen molar-refractivity contribution >= 4 is 6.29 Å². The van der Waals surface area contributed by atoms with Crippen molar-refractivity contribution in [2.24, 2.45) is 0 Å². The molecule has 18 heavy (non-hydrogen) atoms. The summed E-state index contributed by atoms with van der Waals surface area (Å²) in [7, 11) is 0. The number of aryl methyl sites for hydroxylation is 2. The molecule has 0 aliphatic rings. The zero-order valence-corrected chi connectivity index (χ0v) is 11.4. The maximum Gasteiger partial charge on any atom is 0.150 e. The van der Waals surface area contributed by atoms with Crippen LogP contribution in [0, 0.1) is 27.7 Å². The van der Waals surface area contributed by atoms with Gasteiger partial charge >= 0.3 is 0 Å². The van der Waals surface area contributed by atoms with Crippen molar-refractivity contribution in [2.45, 2.75) is 27.7 Å². The van der Waals surface area contributed by atoms with E-state index < -0.39 is 0 Å². The molecule has 2 aromatic carbocycles. The zero-order chi connectivity index (χ0) is 13.3. The van der Waals surface area contributed by atoms with Crippen LogP contribution in [0.3, 0.4) is 0 Å². The molecule has 0 saturated carbocycles. The molecule has 2 rings (SSSR count). The minimum Gasteiger partial charge on any atom is -0.298 e. The quantitative estimate of drug-likeness (QED) is 0.709. The summed E-state index contributed by atoms with van der Waals surface area (Å²) >= 11 is 0. The highest BCUT2D eigenvalue weighted by Gasteiger charge is 2.12. The summed E-state index contributed by atoms with van der Waals surface area (Å²) in [6, 6.07) is 9.99. The van der Waals surface area contributed by atoms with Gasteiger partial charge in [-0.05, 0) is 61.1 Å². The molecule has 0 bridgehead atoms. The number of carbonyl (C=O) groups excluding carboxylic acids is 1. The Morgan fingerprint density at radius 2 is 1.44 bits per heavy atom. The van der Waals surface area contributed by atoms with Gasteiger partial charge in [-0.2, -0.15) is 0 Å². The van der Waals surface area contributed by atoms with Crippen molar-refractivity contribution in [3.8, 4) is 11.1 Å². The normalized spacial score (nSPS) is 10.4. The lowest BCUT2D eigenvalue weighted by Crippen LogP contribution is -1.97. The standard InChI is InChI=1S/C17H18O/c1-11-9-12(2)14(4)17(13(11)3)16-8-6-5-7-15(16)10-18/h5-10H,1-4H3. The van der Waals surface area contributed by atoms with Gasteiger partial charge in [-0.1, -0.05) is 30.3 Å². The van der Waals surface area contributed by atoms with Gasteiger partial charge < -0.3 is 0 Å². The Morgan fingerprint density at radius 1 is 0.889 bits per heavy atom. The van der Waals surface area contributed by atoms with E-state index in [4.69, 9.17) is 0 Å². The number of aldehydes is 1. The van der Waals surface area contributed by atoms with Crippen LogP contribution in [0.2, 0.25) is 0 Å². The molecule has 0 aromatic heterocycles. The van der Waals surface area contributed by atoms with Crippen molar-refractivity contribution in [3.05, 3.63) is 58.1 Å². The van der Waals surface area contributed by atoms with E-state index in [0.717, 1.165) is 17.4 Å². The number of rotatable bonds is 2. The van der Waals surface area contributed by atoms with Crippen LogP contribution in [0.25, 0.3) is 11.1 Å². The van der Waals surface area contributed by atoms with Gasteiger partial charge in [-0.3, -0.25) is 4.79 Å². The summed E-state index contributed by atoms with van der Waals surface area (Å²) in [6.45, 7) is 8.49. The molecular formula is C17H18O. The van der Waals surface area contributed by atoms with Crippen LogP contribution in [0.1, 0.15) is 32.6 Å². The van der Waals surface area contributed by atoms with Crippen LogP contribution in [0.4, 0.5) is 0 Å². The van der Waals surface area contributed by atoms with E-state index in [1.807, 2.05) is 24.3 Å². The summed E-state index contributed by atoms with van der Waals surface area (Å²) in [4.78, 5) is 11.2. The summed E-state index contributed by atoms with van der Waals surface area (Å²) in [5.74, 6) is 0. The fourth-order valence-electron chi connectivity index (χ4n) is 2.45. The summed E-state index contributed by atoms with van der Waals surface area (Å²) in [5.41, 5.74) is 8.06.